The Morgan fingerprint density at radius 2 is 0.642 bits per heavy atom. The summed E-state index contributed by atoms with van der Waals surface area (Å²) in [4.78, 5) is 12.6. The molecule has 4 unspecified atom stereocenters. The SMILES string of the molecule is CCCCCCCCCCC/C=C\C/C=C\CCCCCCCCCCCCCCC(O)C(=O)NC(CO)C(O)C(O)CCCCCCCCCCCCCCCCCCCCCCCCC. The molecule has 0 fully saturated rings. The molecule has 0 bridgehead atoms. The number of nitrogens with one attached hydrogen (secondary N) is 1. The smallest absolute Gasteiger partial charge is 0.249 e. The molecule has 6 nitrogen and oxygen atoms in total. The molecule has 1 amide bonds. The fraction of sp³-hybridized carbons (Fsp3) is 0.918. The minimum Gasteiger partial charge on any atom is -0.394 e. The molecular formula is C61H119NO5. The van der Waals surface area contributed by atoms with Gasteiger partial charge >= 0.3 is 0 Å². The van der Waals surface area contributed by atoms with E-state index in [4.69, 9.17) is 0 Å². The normalized spacial score (nSPS) is 13.8. The number of unbranched alkanes of at least 4 members (excludes halogenated alkanes) is 43. The highest BCUT2D eigenvalue weighted by atomic mass is 16.3. The number of aliphatic hydroxyl groups excluding tert-OH is 4. The van der Waals surface area contributed by atoms with Gasteiger partial charge in [0.05, 0.1) is 18.8 Å². The fourth-order valence-electron chi connectivity index (χ4n) is 9.67. The van der Waals surface area contributed by atoms with E-state index in [1.807, 2.05) is 0 Å². The van der Waals surface area contributed by atoms with Crippen LogP contribution in [0.5, 0.6) is 0 Å². The molecule has 0 aromatic rings. The lowest BCUT2D eigenvalue weighted by atomic mass is 9.99. The van der Waals surface area contributed by atoms with Crippen LogP contribution in [-0.4, -0.2) is 57.3 Å². The molecule has 398 valence electrons. The summed E-state index contributed by atoms with van der Waals surface area (Å²) in [6, 6.07) is -0.986. The van der Waals surface area contributed by atoms with Crippen LogP contribution in [0.1, 0.15) is 328 Å². The van der Waals surface area contributed by atoms with Gasteiger partial charge in [0.2, 0.25) is 5.91 Å². The molecule has 0 aliphatic heterocycles. The van der Waals surface area contributed by atoms with Gasteiger partial charge in [-0.15, -0.1) is 0 Å². The van der Waals surface area contributed by atoms with Gasteiger partial charge in [0, 0.05) is 0 Å². The molecule has 4 atom stereocenters. The first-order chi connectivity index (χ1) is 33.0. The number of allylic oxidation sites excluding steroid dienone is 4. The maximum Gasteiger partial charge on any atom is 0.249 e. The molecular weight excluding hydrogens is 827 g/mol. The van der Waals surface area contributed by atoms with E-state index >= 15 is 0 Å². The van der Waals surface area contributed by atoms with Gasteiger partial charge in [0.25, 0.3) is 0 Å². The summed E-state index contributed by atoms with van der Waals surface area (Å²) < 4.78 is 0. The van der Waals surface area contributed by atoms with Crippen molar-refractivity contribution in [3.05, 3.63) is 24.3 Å². The maximum atomic E-state index is 12.6. The molecule has 0 saturated heterocycles. The second kappa shape index (κ2) is 55.7. The topological polar surface area (TPSA) is 110 Å². The van der Waals surface area contributed by atoms with Crippen LogP contribution in [0.3, 0.4) is 0 Å². The minimum absolute atomic E-state index is 0.369. The maximum absolute atomic E-state index is 12.6. The second-order valence-corrected chi connectivity index (χ2v) is 21.1. The third-order valence-electron chi connectivity index (χ3n) is 14.4. The summed E-state index contributed by atoms with van der Waals surface area (Å²) in [7, 11) is 0. The van der Waals surface area contributed by atoms with Crippen LogP contribution >= 0.6 is 0 Å². The van der Waals surface area contributed by atoms with E-state index in [0.717, 1.165) is 44.9 Å². The average Bonchev–Trinajstić information content (AvgIpc) is 3.33. The highest BCUT2D eigenvalue weighted by molar-refractivity contribution is 5.80. The zero-order valence-electron chi connectivity index (χ0n) is 45.2. The van der Waals surface area contributed by atoms with Crippen LogP contribution in [-0.2, 0) is 4.79 Å². The van der Waals surface area contributed by atoms with Gasteiger partial charge in [-0.25, -0.2) is 0 Å². The first-order valence-corrected chi connectivity index (χ1v) is 30.2. The van der Waals surface area contributed by atoms with Crippen LogP contribution in [0.4, 0.5) is 0 Å². The molecule has 0 aliphatic rings. The van der Waals surface area contributed by atoms with Crippen LogP contribution in [0, 0.1) is 0 Å². The molecule has 0 heterocycles. The van der Waals surface area contributed by atoms with Crippen LogP contribution in [0.15, 0.2) is 24.3 Å². The zero-order chi connectivity index (χ0) is 48.8. The summed E-state index contributed by atoms with van der Waals surface area (Å²) in [5.41, 5.74) is 0. The van der Waals surface area contributed by atoms with E-state index in [0.29, 0.717) is 12.8 Å². The number of rotatable bonds is 56. The Hall–Kier alpha value is -1.21. The summed E-state index contributed by atoms with van der Waals surface area (Å²) in [6.07, 6.45) is 68.2. The number of carbonyl (C=O) groups is 1. The van der Waals surface area contributed by atoms with Crippen LogP contribution in [0.25, 0.3) is 0 Å². The molecule has 0 rings (SSSR count). The van der Waals surface area contributed by atoms with E-state index in [1.165, 1.54) is 257 Å². The lowest BCUT2D eigenvalue weighted by Gasteiger charge is -2.27. The summed E-state index contributed by atoms with van der Waals surface area (Å²) >= 11 is 0. The first-order valence-electron chi connectivity index (χ1n) is 30.2. The predicted octanol–water partition coefficient (Wildman–Crippen LogP) is 17.8. The van der Waals surface area contributed by atoms with Crippen LogP contribution < -0.4 is 5.32 Å². The summed E-state index contributed by atoms with van der Waals surface area (Å²) in [6.45, 7) is 4.09. The third kappa shape index (κ3) is 49.6. The van der Waals surface area contributed by atoms with Crippen molar-refractivity contribution in [1.29, 1.82) is 0 Å². The van der Waals surface area contributed by atoms with Crippen molar-refractivity contribution in [2.75, 3.05) is 6.61 Å². The summed E-state index contributed by atoms with van der Waals surface area (Å²) in [5, 5.41) is 44.1. The first kappa shape index (κ1) is 65.8. The van der Waals surface area contributed by atoms with Crippen molar-refractivity contribution in [3.8, 4) is 0 Å². The average molecular weight is 947 g/mol. The Labute approximate surface area is 418 Å². The van der Waals surface area contributed by atoms with Crippen molar-refractivity contribution < 1.29 is 25.2 Å². The van der Waals surface area contributed by atoms with Gasteiger partial charge in [-0.3, -0.25) is 4.79 Å². The molecule has 67 heavy (non-hydrogen) atoms. The molecule has 0 aliphatic carbocycles. The van der Waals surface area contributed by atoms with Crippen LogP contribution in [0.2, 0.25) is 0 Å². The highest BCUT2D eigenvalue weighted by Gasteiger charge is 2.28. The lowest BCUT2D eigenvalue weighted by Crippen LogP contribution is -2.53. The molecule has 0 radical (unpaired) electrons. The monoisotopic (exact) mass is 946 g/mol. The molecule has 0 aromatic heterocycles. The molecule has 0 spiro atoms. The Kier molecular flexibility index (Phi) is 54.7. The number of hydrogen-bond donors (Lipinski definition) is 5. The zero-order valence-corrected chi connectivity index (χ0v) is 45.2. The summed E-state index contributed by atoms with van der Waals surface area (Å²) in [5.74, 6) is -0.580. The van der Waals surface area contributed by atoms with Crippen molar-refractivity contribution in [1.82, 2.24) is 5.32 Å². The van der Waals surface area contributed by atoms with Crippen molar-refractivity contribution in [2.45, 2.75) is 353 Å². The molecule has 0 saturated carbocycles. The van der Waals surface area contributed by atoms with E-state index in [1.54, 1.807) is 0 Å². The number of carbonyl (C=O) groups excluding carboxylic acids is 1. The van der Waals surface area contributed by atoms with Crippen molar-refractivity contribution in [3.63, 3.8) is 0 Å². The standard InChI is InChI=1S/C61H119NO5/c1-3-5-7-9-11-13-15-17-19-21-23-25-27-28-29-30-31-33-35-37-39-41-43-45-47-49-51-53-55-59(65)61(67)62-57(56-63)60(66)58(64)54-52-50-48-46-44-42-40-38-36-34-32-26-24-22-20-18-16-14-12-10-8-6-4-2/h23,25,28-29,57-60,63-66H,3-22,24,26-27,30-56H2,1-2H3,(H,62,67)/b25-23-,29-28-. The van der Waals surface area contributed by atoms with Gasteiger partial charge in [-0.2, -0.15) is 0 Å². The van der Waals surface area contributed by atoms with E-state index in [2.05, 4.69) is 43.5 Å². The van der Waals surface area contributed by atoms with Crippen molar-refractivity contribution in [2.24, 2.45) is 0 Å². The van der Waals surface area contributed by atoms with E-state index in [-0.39, 0.29) is 0 Å². The predicted molar refractivity (Wildman–Crippen MR) is 293 cm³/mol. The molecule has 5 N–H and O–H groups in total. The van der Waals surface area contributed by atoms with Gasteiger partial charge in [0.15, 0.2) is 0 Å². The lowest BCUT2D eigenvalue weighted by molar-refractivity contribution is -0.132. The quantitative estimate of drug-likeness (QED) is 0.0308. The Balaban J connectivity index is 3.60. The van der Waals surface area contributed by atoms with Gasteiger partial charge in [0.1, 0.15) is 12.2 Å². The minimum atomic E-state index is -1.26. The highest BCUT2D eigenvalue weighted by Crippen LogP contribution is 2.18. The van der Waals surface area contributed by atoms with E-state index in [9.17, 15) is 25.2 Å². The Morgan fingerprint density at radius 3 is 0.940 bits per heavy atom. The largest absolute Gasteiger partial charge is 0.394 e. The number of hydrogen-bond acceptors (Lipinski definition) is 5. The number of aliphatic hydroxyl groups is 4. The van der Waals surface area contributed by atoms with Gasteiger partial charge in [-0.1, -0.05) is 308 Å². The van der Waals surface area contributed by atoms with Crippen molar-refractivity contribution >= 4 is 5.91 Å². The van der Waals surface area contributed by atoms with E-state index < -0.39 is 36.9 Å². The second-order valence-electron chi connectivity index (χ2n) is 21.1. The Bertz CT molecular complexity index is 1020. The van der Waals surface area contributed by atoms with Gasteiger partial charge in [-0.05, 0) is 44.9 Å². The Morgan fingerprint density at radius 1 is 0.373 bits per heavy atom. The third-order valence-corrected chi connectivity index (χ3v) is 14.4. The fourth-order valence-corrected chi connectivity index (χ4v) is 9.67. The number of amides is 1. The molecule has 0 aromatic carbocycles. The van der Waals surface area contributed by atoms with Gasteiger partial charge < -0.3 is 25.7 Å². The molecule has 6 heteroatoms.